The van der Waals surface area contributed by atoms with Crippen LogP contribution in [0, 0.1) is 13.8 Å². The number of aromatic nitrogens is 4. The molecular weight excluding hydrogens is 653 g/mol. The van der Waals surface area contributed by atoms with Gasteiger partial charge in [0.15, 0.2) is 5.65 Å². The molecule has 1 saturated carbocycles. The molecule has 16 heteroatoms. The zero-order chi connectivity index (χ0) is 34.4. The molecule has 48 heavy (non-hydrogen) atoms. The van der Waals surface area contributed by atoms with E-state index in [9.17, 15) is 31.5 Å². The van der Waals surface area contributed by atoms with Crippen LogP contribution in [0.3, 0.4) is 0 Å². The van der Waals surface area contributed by atoms with Crippen LogP contribution >= 0.6 is 0 Å². The van der Waals surface area contributed by atoms with Crippen LogP contribution in [0.1, 0.15) is 65.2 Å². The Bertz CT molecular complexity index is 1980. The van der Waals surface area contributed by atoms with Gasteiger partial charge in [-0.3, -0.25) is 9.20 Å². The van der Waals surface area contributed by atoms with Crippen molar-refractivity contribution < 1.29 is 41.0 Å². The summed E-state index contributed by atoms with van der Waals surface area (Å²) in [5, 5.41) is 20.1. The number of carbonyl (C=O) groups is 1. The summed E-state index contributed by atoms with van der Waals surface area (Å²) in [7, 11) is -2.45. The maximum Gasteiger partial charge on any atom is 0.452 e. The molecule has 2 N–H and O–H groups in total. The van der Waals surface area contributed by atoms with E-state index in [2.05, 4.69) is 20.5 Å². The minimum atomic E-state index is -4.72. The first-order valence-electron chi connectivity index (χ1n) is 15.4. The quantitative estimate of drug-likeness (QED) is 0.208. The van der Waals surface area contributed by atoms with Gasteiger partial charge in [-0.05, 0) is 79.1 Å². The Morgan fingerprint density at radius 3 is 2.62 bits per heavy atom. The second-order valence-electron chi connectivity index (χ2n) is 12.3. The standard InChI is InChI=1S/C32H35F3N6O6S/c1-19-5-6-21(24(16-27(42)43)23-9-13-41-28(20(23)2)38-39-30(41)32(33,34)35)15-22(19)17-40-18-31(10-11-31)47-29-25(48(40,44)45)7-8-26(37-29)36-12-4-14-46-3/h5-9,13,15,24H,4,10-12,14,16-18H2,1-3H3,(H,36,37)(H,42,43). The predicted molar refractivity (Wildman–Crippen MR) is 167 cm³/mol. The number of alkyl halides is 3. The number of sulfonamides is 1. The summed E-state index contributed by atoms with van der Waals surface area (Å²) in [5.74, 6) is -2.52. The molecule has 6 rings (SSSR count). The van der Waals surface area contributed by atoms with Gasteiger partial charge in [-0.15, -0.1) is 10.2 Å². The largest absolute Gasteiger partial charge is 0.481 e. The molecule has 4 aromatic rings. The summed E-state index contributed by atoms with van der Waals surface area (Å²) >= 11 is 0. The van der Waals surface area contributed by atoms with Gasteiger partial charge < -0.3 is 19.9 Å². The van der Waals surface area contributed by atoms with Gasteiger partial charge in [0.25, 0.3) is 0 Å². The van der Waals surface area contributed by atoms with Gasteiger partial charge in [0.1, 0.15) is 16.3 Å². The lowest BCUT2D eigenvalue weighted by Gasteiger charge is -2.25. The number of ether oxygens (including phenoxy) is 2. The third kappa shape index (κ3) is 6.56. The fraction of sp³-hybridized carbons (Fsp3) is 0.438. The summed E-state index contributed by atoms with van der Waals surface area (Å²) in [5.41, 5.74) is 2.08. The number of hydrogen-bond donors (Lipinski definition) is 2. The molecule has 2 aliphatic rings. The number of hydrogen-bond acceptors (Lipinski definition) is 9. The van der Waals surface area contributed by atoms with Crippen molar-refractivity contribution in [1.29, 1.82) is 0 Å². The fourth-order valence-electron chi connectivity index (χ4n) is 6.07. The van der Waals surface area contributed by atoms with Crippen LogP contribution in [0.2, 0.25) is 0 Å². The van der Waals surface area contributed by atoms with E-state index in [4.69, 9.17) is 9.47 Å². The summed E-state index contributed by atoms with van der Waals surface area (Å²) in [6, 6.07) is 9.85. The van der Waals surface area contributed by atoms with Gasteiger partial charge in [-0.1, -0.05) is 18.2 Å². The minimum absolute atomic E-state index is 0.0134. The number of aliphatic carboxylic acids is 1. The van der Waals surface area contributed by atoms with Gasteiger partial charge in [-0.25, -0.2) is 8.42 Å². The molecule has 0 bridgehead atoms. The molecule has 12 nitrogen and oxygen atoms in total. The first kappa shape index (κ1) is 33.6. The number of halogens is 3. The van der Waals surface area contributed by atoms with Crippen molar-refractivity contribution in [2.75, 3.05) is 32.1 Å². The van der Waals surface area contributed by atoms with Gasteiger partial charge in [-0.2, -0.15) is 22.5 Å². The topological polar surface area (TPSA) is 148 Å². The lowest BCUT2D eigenvalue weighted by molar-refractivity contribution is -0.145. The Morgan fingerprint density at radius 1 is 1.17 bits per heavy atom. The van der Waals surface area contributed by atoms with Crippen molar-refractivity contribution in [3.63, 3.8) is 0 Å². The molecule has 1 fully saturated rings. The zero-order valence-corrected chi connectivity index (χ0v) is 27.4. The van der Waals surface area contributed by atoms with Crippen molar-refractivity contribution in [3.05, 3.63) is 76.2 Å². The Hall–Kier alpha value is -4.28. The number of nitrogens with one attached hydrogen (secondary N) is 1. The summed E-state index contributed by atoms with van der Waals surface area (Å²) in [6.45, 7) is 4.66. The Kier molecular flexibility index (Phi) is 8.85. The lowest BCUT2D eigenvalue weighted by Crippen LogP contribution is -2.38. The van der Waals surface area contributed by atoms with E-state index in [0.29, 0.717) is 54.1 Å². The Labute approximate surface area is 275 Å². The van der Waals surface area contributed by atoms with E-state index in [-0.39, 0.29) is 35.9 Å². The molecule has 1 spiro atoms. The number of benzene rings is 1. The average molecular weight is 689 g/mol. The number of carboxylic acid groups (broad SMARTS) is 1. The van der Waals surface area contributed by atoms with Crippen LogP contribution in [-0.2, 0) is 32.3 Å². The molecule has 4 heterocycles. The number of fused-ring (bicyclic) bond motifs is 2. The smallest absolute Gasteiger partial charge is 0.452 e. The first-order chi connectivity index (χ1) is 22.7. The molecule has 1 aliphatic heterocycles. The zero-order valence-electron chi connectivity index (χ0n) is 26.5. The lowest BCUT2D eigenvalue weighted by atomic mass is 9.85. The molecule has 3 aromatic heterocycles. The SMILES string of the molecule is COCCCNc1ccc2c(n1)OC1(CC1)CN(Cc1cc(C(CC(=O)O)c3ccn4c(C(F)(F)F)nnc4c3C)ccc1C)S2(=O)=O. The molecule has 256 valence electrons. The Morgan fingerprint density at radius 2 is 1.94 bits per heavy atom. The first-order valence-corrected chi connectivity index (χ1v) is 16.8. The number of anilines is 1. The maximum absolute atomic E-state index is 14.1. The highest BCUT2D eigenvalue weighted by molar-refractivity contribution is 7.89. The van der Waals surface area contributed by atoms with Crippen LogP contribution in [0.25, 0.3) is 5.65 Å². The molecule has 1 unspecified atom stereocenters. The van der Waals surface area contributed by atoms with Crippen molar-refractivity contribution >= 4 is 27.5 Å². The van der Waals surface area contributed by atoms with Crippen molar-refractivity contribution in [2.45, 2.75) is 68.7 Å². The minimum Gasteiger partial charge on any atom is -0.481 e. The average Bonchev–Trinajstić information content (AvgIpc) is 3.63. The van der Waals surface area contributed by atoms with Crippen LogP contribution in [0.4, 0.5) is 19.0 Å². The molecule has 1 atom stereocenters. The molecule has 0 amide bonds. The second kappa shape index (κ2) is 12.6. The molecule has 1 aliphatic carbocycles. The number of aryl methyl sites for hydroxylation is 2. The van der Waals surface area contributed by atoms with E-state index in [1.807, 2.05) is 6.92 Å². The third-order valence-corrected chi connectivity index (χ3v) is 10.7. The normalized spacial score (nSPS) is 17.5. The van der Waals surface area contributed by atoms with Crippen LogP contribution < -0.4 is 10.1 Å². The summed E-state index contributed by atoms with van der Waals surface area (Å²) < 4.78 is 82.2. The van der Waals surface area contributed by atoms with E-state index in [1.165, 1.54) is 22.6 Å². The Balaban J connectivity index is 1.34. The molecular formula is C32H35F3N6O6S. The van der Waals surface area contributed by atoms with Crippen LogP contribution in [0.5, 0.6) is 5.88 Å². The van der Waals surface area contributed by atoms with E-state index < -0.39 is 39.5 Å². The number of methoxy groups -OCH3 is 1. The fourth-order valence-corrected chi connectivity index (χ4v) is 7.61. The number of nitrogens with zero attached hydrogens (tertiary/aromatic N) is 5. The molecule has 0 radical (unpaired) electrons. The monoisotopic (exact) mass is 688 g/mol. The van der Waals surface area contributed by atoms with E-state index in [1.54, 1.807) is 38.3 Å². The number of carboxylic acids is 1. The van der Waals surface area contributed by atoms with Gasteiger partial charge in [0, 0.05) is 38.9 Å². The van der Waals surface area contributed by atoms with E-state index >= 15 is 0 Å². The van der Waals surface area contributed by atoms with Crippen molar-refractivity contribution in [1.82, 2.24) is 23.9 Å². The number of rotatable bonds is 11. The van der Waals surface area contributed by atoms with Gasteiger partial charge >= 0.3 is 12.1 Å². The van der Waals surface area contributed by atoms with Gasteiger partial charge in [0.05, 0.1) is 13.0 Å². The highest BCUT2D eigenvalue weighted by atomic mass is 32.2. The van der Waals surface area contributed by atoms with E-state index in [0.717, 1.165) is 16.4 Å². The van der Waals surface area contributed by atoms with Crippen LogP contribution in [0.15, 0.2) is 47.5 Å². The summed E-state index contributed by atoms with van der Waals surface area (Å²) in [6.07, 6.45) is -1.84. The predicted octanol–water partition coefficient (Wildman–Crippen LogP) is 4.93. The highest BCUT2D eigenvalue weighted by Crippen LogP contribution is 2.46. The highest BCUT2D eigenvalue weighted by Gasteiger charge is 2.52. The second-order valence-corrected chi connectivity index (χ2v) is 14.2. The third-order valence-electron chi connectivity index (χ3n) is 8.86. The van der Waals surface area contributed by atoms with Crippen molar-refractivity contribution in [2.24, 2.45) is 0 Å². The molecule has 1 aromatic carbocycles. The van der Waals surface area contributed by atoms with Crippen LogP contribution in [-0.4, -0.2) is 75.8 Å². The molecule has 0 saturated heterocycles. The van der Waals surface area contributed by atoms with Crippen molar-refractivity contribution in [3.8, 4) is 5.88 Å². The summed E-state index contributed by atoms with van der Waals surface area (Å²) in [4.78, 5) is 16.5. The maximum atomic E-state index is 14.1. The number of pyridine rings is 2. The van der Waals surface area contributed by atoms with Gasteiger partial charge in [0.2, 0.25) is 21.7 Å².